The van der Waals surface area contributed by atoms with Crippen LogP contribution in [0, 0.1) is 17.7 Å². The van der Waals surface area contributed by atoms with Crippen LogP contribution in [0.3, 0.4) is 0 Å². The summed E-state index contributed by atoms with van der Waals surface area (Å²) in [5.74, 6) is 1.78. The minimum atomic E-state index is -0.144. The molecule has 0 saturated carbocycles. The molecule has 0 aromatic heterocycles. The van der Waals surface area contributed by atoms with E-state index in [-0.39, 0.29) is 5.82 Å². The minimum absolute atomic E-state index is 0.144. The van der Waals surface area contributed by atoms with Gasteiger partial charge in [0.25, 0.3) is 0 Å². The van der Waals surface area contributed by atoms with Gasteiger partial charge in [-0.25, -0.2) is 4.39 Å². The van der Waals surface area contributed by atoms with Gasteiger partial charge in [-0.05, 0) is 94.4 Å². The number of halogens is 1. The Morgan fingerprint density at radius 2 is 1.50 bits per heavy atom. The lowest BCUT2D eigenvalue weighted by molar-refractivity contribution is 0.104. The van der Waals surface area contributed by atoms with Gasteiger partial charge in [0, 0.05) is 24.8 Å². The Balaban J connectivity index is 1.28. The zero-order valence-corrected chi connectivity index (χ0v) is 14.6. The van der Waals surface area contributed by atoms with Crippen molar-refractivity contribution in [2.45, 2.75) is 38.1 Å². The second kappa shape index (κ2) is 7.40. The van der Waals surface area contributed by atoms with Crippen LogP contribution in [0.1, 0.15) is 32.1 Å². The predicted octanol–water partition coefficient (Wildman–Crippen LogP) is 3.12. The number of piperidine rings is 2. The second-order valence-electron chi connectivity index (χ2n) is 7.83. The first-order valence-corrected chi connectivity index (χ1v) is 9.75. The third-order valence-corrected chi connectivity index (χ3v) is 6.50. The van der Waals surface area contributed by atoms with Crippen LogP contribution in [0.25, 0.3) is 0 Å². The van der Waals surface area contributed by atoms with E-state index >= 15 is 0 Å². The number of hydrogen-bond donors (Lipinski definition) is 1. The zero-order valence-electron chi connectivity index (χ0n) is 14.6. The number of rotatable bonds is 3. The molecule has 1 N–H and O–H groups in total. The molecule has 3 aliphatic rings. The average molecular weight is 331 g/mol. The average Bonchev–Trinajstić information content (AvgIpc) is 3.13. The molecule has 0 bridgehead atoms. The molecule has 0 amide bonds. The molecule has 24 heavy (non-hydrogen) atoms. The van der Waals surface area contributed by atoms with Crippen molar-refractivity contribution >= 4 is 5.69 Å². The first kappa shape index (κ1) is 16.3. The maximum absolute atomic E-state index is 13.1. The van der Waals surface area contributed by atoms with Gasteiger partial charge in [-0.15, -0.1) is 0 Å². The van der Waals surface area contributed by atoms with Gasteiger partial charge in [0.1, 0.15) is 5.82 Å². The Kier molecular flexibility index (Phi) is 5.04. The monoisotopic (exact) mass is 331 g/mol. The summed E-state index contributed by atoms with van der Waals surface area (Å²) in [4.78, 5) is 5.14. The van der Waals surface area contributed by atoms with Crippen LogP contribution in [0.2, 0.25) is 0 Å². The Bertz CT molecular complexity index is 518. The number of benzene rings is 1. The van der Waals surface area contributed by atoms with Crippen molar-refractivity contribution in [1.82, 2.24) is 10.2 Å². The SMILES string of the molecule is Fc1ccc(N2CCC(N3CCC(C4CCNCC4)CC3)C2)cc1. The Morgan fingerprint density at radius 3 is 2.21 bits per heavy atom. The van der Waals surface area contributed by atoms with Crippen LogP contribution in [0.4, 0.5) is 10.1 Å². The molecule has 3 saturated heterocycles. The summed E-state index contributed by atoms with van der Waals surface area (Å²) in [6.45, 7) is 7.20. The highest BCUT2D eigenvalue weighted by Gasteiger charge is 2.33. The van der Waals surface area contributed by atoms with Crippen molar-refractivity contribution in [2.24, 2.45) is 11.8 Å². The fourth-order valence-electron chi connectivity index (χ4n) is 5.00. The molecule has 0 spiro atoms. The van der Waals surface area contributed by atoms with Crippen LogP contribution in [-0.4, -0.2) is 50.2 Å². The van der Waals surface area contributed by atoms with E-state index in [1.807, 2.05) is 12.1 Å². The van der Waals surface area contributed by atoms with Gasteiger partial charge >= 0.3 is 0 Å². The quantitative estimate of drug-likeness (QED) is 0.918. The van der Waals surface area contributed by atoms with Gasteiger partial charge in [-0.1, -0.05) is 0 Å². The largest absolute Gasteiger partial charge is 0.370 e. The fourth-order valence-corrected chi connectivity index (χ4v) is 5.00. The van der Waals surface area contributed by atoms with E-state index in [2.05, 4.69) is 15.1 Å². The molecule has 4 heteroatoms. The van der Waals surface area contributed by atoms with Crippen molar-refractivity contribution in [2.75, 3.05) is 44.2 Å². The highest BCUT2D eigenvalue weighted by Crippen LogP contribution is 2.33. The van der Waals surface area contributed by atoms with E-state index in [1.54, 1.807) is 12.1 Å². The molecule has 4 rings (SSSR count). The molecule has 0 aliphatic carbocycles. The molecule has 3 aliphatic heterocycles. The lowest BCUT2D eigenvalue weighted by Crippen LogP contribution is -2.45. The Morgan fingerprint density at radius 1 is 0.833 bits per heavy atom. The maximum Gasteiger partial charge on any atom is 0.123 e. The van der Waals surface area contributed by atoms with E-state index in [0.717, 1.165) is 24.9 Å². The Labute approximate surface area is 145 Å². The van der Waals surface area contributed by atoms with Crippen LogP contribution >= 0.6 is 0 Å². The van der Waals surface area contributed by atoms with Gasteiger partial charge in [0.05, 0.1) is 0 Å². The molecule has 1 unspecified atom stereocenters. The molecule has 0 radical (unpaired) electrons. The van der Waals surface area contributed by atoms with Crippen LogP contribution in [0.15, 0.2) is 24.3 Å². The summed E-state index contributed by atoms with van der Waals surface area (Å²) in [5, 5.41) is 3.49. The summed E-state index contributed by atoms with van der Waals surface area (Å²) in [7, 11) is 0. The van der Waals surface area contributed by atoms with E-state index in [4.69, 9.17) is 0 Å². The molecule has 3 fully saturated rings. The summed E-state index contributed by atoms with van der Waals surface area (Å²) in [6, 6.07) is 7.67. The number of nitrogens with one attached hydrogen (secondary N) is 1. The van der Waals surface area contributed by atoms with Crippen molar-refractivity contribution in [3.05, 3.63) is 30.1 Å². The van der Waals surface area contributed by atoms with Gasteiger partial charge in [-0.3, -0.25) is 4.90 Å². The molecule has 1 aromatic carbocycles. The second-order valence-corrected chi connectivity index (χ2v) is 7.83. The molecular weight excluding hydrogens is 301 g/mol. The summed E-state index contributed by atoms with van der Waals surface area (Å²) in [5.41, 5.74) is 1.17. The molecular formula is C20H30FN3. The lowest BCUT2D eigenvalue weighted by atomic mass is 9.79. The minimum Gasteiger partial charge on any atom is -0.370 e. The summed E-state index contributed by atoms with van der Waals surface area (Å²) >= 11 is 0. The maximum atomic E-state index is 13.1. The highest BCUT2D eigenvalue weighted by atomic mass is 19.1. The van der Waals surface area contributed by atoms with Crippen molar-refractivity contribution < 1.29 is 4.39 Å². The third kappa shape index (κ3) is 3.60. The first-order valence-electron chi connectivity index (χ1n) is 9.75. The molecule has 3 nitrogen and oxygen atoms in total. The molecule has 1 aromatic rings. The van der Waals surface area contributed by atoms with Crippen molar-refractivity contribution in [3.8, 4) is 0 Å². The van der Waals surface area contributed by atoms with E-state index < -0.39 is 0 Å². The van der Waals surface area contributed by atoms with Crippen LogP contribution in [0.5, 0.6) is 0 Å². The van der Waals surface area contributed by atoms with E-state index in [0.29, 0.717) is 6.04 Å². The van der Waals surface area contributed by atoms with Gasteiger partial charge in [0.15, 0.2) is 0 Å². The smallest absolute Gasteiger partial charge is 0.123 e. The summed E-state index contributed by atoms with van der Waals surface area (Å²) in [6.07, 6.45) is 6.78. The van der Waals surface area contributed by atoms with Crippen LogP contribution < -0.4 is 10.2 Å². The predicted molar refractivity (Wildman–Crippen MR) is 96.9 cm³/mol. The van der Waals surface area contributed by atoms with Crippen molar-refractivity contribution in [1.29, 1.82) is 0 Å². The number of anilines is 1. The van der Waals surface area contributed by atoms with Crippen LogP contribution in [-0.2, 0) is 0 Å². The Hall–Kier alpha value is -1.13. The van der Waals surface area contributed by atoms with E-state index in [9.17, 15) is 4.39 Å². The first-order chi connectivity index (χ1) is 11.8. The summed E-state index contributed by atoms with van der Waals surface area (Å²) < 4.78 is 13.1. The van der Waals surface area contributed by atoms with E-state index in [1.165, 1.54) is 64.0 Å². The highest BCUT2D eigenvalue weighted by molar-refractivity contribution is 5.47. The van der Waals surface area contributed by atoms with Gasteiger partial charge in [-0.2, -0.15) is 0 Å². The standard InChI is InChI=1S/C20H30FN3/c21-18-1-3-19(4-2-18)24-14-9-20(15-24)23-12-7-17(8-13-23)16-5-10-22-11-6-16/h1-4,16-17,20,22H,5-15H2. The number of hydrogen-bond acceptors (Lipinski definition) is 3. The normalized spacial score (nSPS) is 27.7. The molecule has 3 heterocycles. The molecule has 1 atom stereocenters. The fraction of sp³-hybridized carbons (Fsp3) is 0.700. The third-order valence-electron chi connectivity index (χ3n) is 6.50. The zero-order chi connectivity index (χ0) is 16.4. The number of likely N-dealkylation sites (tertiary alicyclic amines) is 1. The van der Waals surface area contributed by atoms with Gasteiger partial charge in [0.2, 0.25) is 0 Å². The number of nitrogens with zero attached hydrogens (tertiary/aromatic N) is 2. The topological polar surface area (TPSA) is 18.5 Å². The van der Waals surface area contributed by atoms with Gasteiger partial charge < -0.3 is 10.2 Å². The molecule has 132 valence electrons. The lowest BCUT2D eigenvalue weighted by Gasteiger charge is -2.40. The van der Waals surface area contributed by atoms with Crippen molar-refractivity contribution in [3.63, 3.8) is 0 Å².